The molecule has 2 aliphatic carbocycles. The molecule has 2 aliphatic rings. The second kappa shape index (κ2) is 8.67. The van der Waals surface area contributed by atoms with Crippen LogP contribution in [0.25, 0.3) is 0 Å². The highest BCUT2D eigenvalue weighted by Gasteiger charge is 2.64. The lowest BCUT2D eigenvalue weighted by molar-refractivity contribution is -0.139. The Morgan fingerprint density at radius 3 is 1.56 bits per heavy atom. The molecular weight excluding hydrogens is 396 g/mol. The first kappa shape index (κ1) is 21.1. The molecule has 0 N–H and O–H groups in total. The van der Waals surface area contributed by atoms with Gasteiger partial charge in [0.05, 0.1) is 13.2 Å². The summed E-state index contributed by atoms with van der Waals surface area (Å²) in [5.74, 6) is -0.757. The van der Waals surface area contributed by atoms with E-state index in [-0.39, 0.29) is 51.5 Å². The van der Waals surface area contributed by atoms with E-state index in [4.69, 9.17) is 60.0 Å². The van der Waals surface area contributed by atoms with Gasteiger partial charge in [0, 0.05) is 50.4 Å². The van der Waals surface area contributed by atoms with E-state index in [0.717, 1.165) is 25.0 Å². The Morgan fingerprint density at radius 2 is 1.24 bits per heavy atom. The second-order valence-electron chi connectivity index (χ2n) is 6.58. The van der Waals surface area contributed by atoms with Crippen molar-refractivity contribution in [3.8, 4) is 0 Å². The van der Waals surface area contributed by atoms with Crippen molar-refractivity contribution in [3.05, 3.63) is 25.3 Å². The average molecular weight is 421 g/mol. The first-order chi connectivity index (χ1) is 11.8. The summed E-state index contributed by atoms with van der Waals surface area (Å²) in [4.78, 5) is 22.7. The Hall–Kier alpha value is -0.180. The van der Waals surface area contributed by atoms with E-state index >= 15 is 0 Å². The van der Waals surface area contributed by atoms with Crippen molar-refractivity contribution < 1.29 is 19.1 Å². The molecule has 4 nitrogen and oxygen atoms in total. The third-order valence-electron chi connectivity index (χ3n) is 5.34. The van der Waals surface area contributed by atoms with Crippen LogP contribution in [0.2, 0.25) is 0 Å². The Kier molecular flexibility index (Phi) is 7.33. The van der Waals surface area contributed by atoms with Gasteiger partial charge in [-0.25, -0.2) is 9.59 Å². The molecule has 2 saturated carbocycles. The standard InChI is InChI=1S/C17H24O4S4/c1-3-13(18)20-7-9-5-11(22)17(15(9)24)12(23)6-10(16(17)25)8-21-14(19)4-2/h3-4,9-12,15-16,22-25H,1-2,5-8H2. The van der Waals surface area contributed by atoms with Gasteiger partial charge in [-0.2, -0.15) is 50.5 Å². The molecule has 0 aromatic heterocycles. The van der Waals surface area contributed by atoms with Crippen LogP contribution in [0.1, 0.15) is 12.8 Å². The molecule has 0 aromatic rings. The molecule has 2 fully saturated rings. The van der Waals surface area contributed by atoms with Crippen LogP contribution < -0.4 is 0 Å². The van der Waals surface area contributed by atoms with Gasteiger partial charge in [-0.1, -0.05) is 13.2 Å². The molecular formula is C17H24O4S4. The molecule has 0 amide bonds. The van der Waals surface area contributed by atoms with E-state index in [2.05, 4.69) is 13.2 Å². The van der Waals surface area contributed by atoms with Crippen LogP contribution in [0.4, 0.5) is 0 Å². The van der Waals surface area contributed by atoms with Crippen LogP contribution in [0.15, 0.2) is 25.3 Å². The summed E-state index contributed by atoms with van der Waals surface area (Å²) in [6.45, 7) is 7.36. The van der Waals surface area contributed by atoms with Crippen molar-refractivity contribution >= 4 is 62.5 Å². The van der Waals surface area contributed by atoms with E-state index in [9.17, 15) is 9.59 Å². The van der Waals surface area contributed by atoms with Crippen LogP contribution in [0, 0.1) is 17.3 Å². The first-order valence-corrected chi connectivity index (χ1v) is 10.2. The minimum Gasteiger partial charge on any atom is -0.462 e. The second-order valence-corrected chi connectivity index (χ2v) is 8.94. The predicted molar refractivity (Wildman–Crippen MR) is 112 cm³/mol. The van der Waals surface area contributed by atoms with Crippen molar-refractivity contribution in [1.82, 2.24) is 0 Å². The topological polar surface area (TPSA) is 52.6 Å². The summed E-state index contributed by atoms with van der Waals surface area (Å²) in [6.07, 6.45) is 3.82. The normalized spacial score (nSPS) is 40.0. The number of rotatable bonds is 6. The van der Waals surface area contributed by atoms with Gasteiger partial charge in [0.2, 0.25) is 0 Å². The SMILES string of the molecule is C=CC(=O)OCC1CC(S)C2(C(S)CC(COC(=O)C=C)C2S)C1S. The molecule has 2 rings (SSSR count). The Labute approximate surface area is 170 Å². The average Bonchev–Trinajstić information content (AvgIpc) is 3.00. The minimum atomic E-state index is -0.442. The van der Waals surface area contributed by atoms with E-state index in [1.165, 1.54) is 0 Å². The van der Waals surface area contributed by atoms with Crippen LogP contribution in [-0.4, -0.2) is 46.2 Å². The molecule has 6 unspecified atom stereocenters. The zero-order chi connectivity index (χ0) is 18.8. The zero-order valence-corrected chi connectivity index (χ0v) is 17.4. The van der Waals surface area contributed by atoms with Gasteiger partial charge >= 0.3 is 11.9 Å². The van der Waals surface area contributed by atoms with Gasteiger partial charge < -0.3 is 9.47 Å². The number of carbonyl (C=O) groups is 2. The molecule has 0 bridgehead atoms. The fraction of sp³-hybridized carbons (Fsp3) is 0.647. The van der Waals surface area contributed by atoms with Gasteiger partial charge in [-0.3, -0.25) is 0 Å². The molecule has 0 heterocycles. The van der Waals surface area contributed by atoms with Crippen molar-refractivity contribution in [2.45, 2.75) is 33.8 Å². The molecule has 0 aliphatic heterocycles. The van der Waals surface area contributed by atoms with Crippen LogP contribution in [0.3, 0.4) is 0 Å². The molecule has 8 heteroatoms. The Bertz CT molecular complexity index is 505. The molecule has 1 spiro atoms. The Balaban J connectivity index is 2.12. The van der Waals surface area contributed by atoms with Crippen LogP contribution in [-0.2, 0) is 19.1 Å². The summed E-state index contributed by atoms with van der Waals surface area (Å²) in [6, 6.07) is 0. The highest BCUT2D eigenvalue weighted by Crippen LogP contribution is 2.61. The monoisotopic (exact) mass is 420 g/mol. The summed E-state index contributed by atoms with van der Waals surface area (Å²) in [5, 5.41) is -0.101. The van der Waals surface area contributed by atoms with Gasteiger partial charge in [-0.05, 0) is 12.8 Å². The smallest absolute Gasteiger partial charge is 0.330 e. The molecule has 25 heavy (non-hydrogen) atoms. The number of hydrogen-bond donors (Lipinski definition) is 4. The quantitative estimate of drug-likeness (QED) is 0.303. The zero-order valence-electron chi connectivity index (χ0n) is 13.8. The maximum absolute atomic E-state index is 11.4. The summed E-state index contributed by atoms with van der Waals surface area (Å²) < 4.78 is 10.4. The molecule has 0 radical (unpaired) electrons. The maximum atomic E-state index is 11.4. The first-order valence-electron chi connectivity index (χ1n) is 8.09. The molecule has 140 valence electrons. The van der Waals surface area contributed by atoms with E-state index in [0.29, 0.717) is 0 Å². The van der Waals surface area contributed by atoms with Crippen molar-refractivity contribution in [1.29, 1.82) is 0 Å². The van der Waals surface area contributed by atoms with Gasteiger partial charge in [0.1, 0.15) is 0 Å². The van der Waals surface area contributed by atoms with E-state index < -0.39 is 11.9 Å². The van der Waals surface area contributed by atoms with Crippen LogP contribution in [0.5, 0.6) is 0 Å². The lowest BCUT2D eigenvalue weighted by atomic mass is 9.80. The number of carbonyl (C=O) groups excluding carboxylic acids is 2. The van der Waals surface area contributed by atoms with Crippen LogP contribution >= 0.6 is 50.5 Å². The van der Waals surface area contributed by atoms with E-state index in [1.807, 2.05) is 0 Å². The fourth-order valence-electron chi connectivity index (χ4n) is 4.06. The maximum Gasteiger partial charge on any atom is 0.330 e. The number of hydrogen-bond acceptors (Lipinski definition) is 8. The molecule has 0 aromatic carbocycles. The fourth-order valence-corrected chi connectivity index (χ4v) is 7.76. The predicted octanol–water partition coefficient (Wildman–Crippen LogP) is 2.66. The minimum absolute atomic E-state index is 0.0209. The third-order valence-corrected chi connectivity index (χ3v) is 8.39. The van der Waals surface area contributed by atoms with Gasteiger partial charge in [0.25, 0.3) is 0 Å². The van der Waals surface area contributed by atoms with Crippen molar-refractivity contribution in [2.75, 3.05) is 13.2 Å². The lowest BCUT2D eigenvalue weighted by Gasteiger charge is -2.41. The molecule has 6 atom stereocenters. The largest absolute Gasteiger partial charge is 0.462 e. The Morgan fingerprint density at radius 1 is 0.880 bits per heavy atom. The number of esters is 2. The summed E-state index contributed by atoms with van der Waals surface area (Å²) >= 11 is 19.3. The van der Waals surface area contributed by atoms with Crippen molar-refractivity contribution in [2.24, 2.45) is 17.3 Å². The number of ether oxygens (including phenoxy) is 2. The summed E-state index contributed by atoms with van der Waals surface area (Å²) in [7, 11) is 0. The van der Waals surface area contributed by atoms with E-state index in [1.54, 1.807) is 0 Å². The highest BCUT2D eigenvalue weighted by molar-refractivity contribution is 7.84. The highest BCUT2D eigenvalue weighted by atomic mass is 32.1. The summed E-state index contributed by atoms with van der Waals surface area (Å²) in [5.41, 5.74) is -0.338. The van der Waals surface area contributed by atoms with Gasteiger partial charge in [0.15, 0.2) is 0 Å². The van der Waals surface area contributed by atoms with Crippen molar-refractivity contribution in [3.63, 3.8) is 0 Å². The van der Waals surface area contributed by atoms with Gasteiger partial charge in [-0.15, -0.1) is 0 Å². The third kappa shape index (κ3) is 3.92. The molecule has 0 saturated heterocycles. The number of thiol groups is 4. The lowest BCUT2D eigenvalue weighted by Crippen LogP contribution is -2.47.